The summed E-state index contributed by atoms with van der Waals surface area (Å²) in [6.07, 6.45) is 35.0. The average molecular weight is 454 g/mol. The van der Waals surface area contributed by atoms with Crippen molar-refractivity contribution in [3.05, 3.63) is 0 Å². The van der Waals surface area contributed by atoms with Crippen LogP contribution >= 0.6 is 0 Å². The van der Waals surface area contributed by atoms with Crippen LogP contribution in [0.4, 0.5) is 0 Å². The second-order valence-corrected chi connectivity index (χ2v) is 11.2. The summed E-state index contributed by atoms with van der Waals surface area (Å²) in [5, 5.41) is 0. The zero-order valence-electron chi connectivity index (χ0n) is 22.8. The minimum atomic E-state index is 0. The fourth-order valence-corrected chi connectivity index (χ4v) is 4.87. The maximum atomic E-state index is 2.46. The third-order valence-corrected chi connectivity index (χ3v) is 7.23. The van der Waals surface area contributed by atoms with Gasteiger partial charge in [-0.05, 0) is 25.7 Å². The van der Waals surface area contributed by atoms with Gasteiger partial charge in [-0.2, -0.15) is 0 Å². The molecule has 0 aliphatic carbocycles. The Balaban J connectivity index is 0. The van der Waals surface area contributed by atoms with Crippen LogP contribution in [0.1, 0.15) is 168 Å². The van der Waals surface area contributed by atoms with Gasteiger partial charge in [-0.1, -0.05) is 151 Å². The van der Waals surface area contributed by atoms with Crippen molar-refractivity contribution in [2.75, 3.05) is 27.2 Å². The first-order valence-corrected chi connectivity index (χ1v) is 14.9. The van der Waals surface area contributed by atoms with Gasteiger partial charge >= 0.3 is 0 Å². The van der Waals surface area contributed by atoms with E-state index in [1.807, 2.05) is 0 Å². The summed E-state index contributed by atoms with van der Waals surface area (Å²) >= 11 is 0. The lowest BCUT2D eigenvalue weighted by atomic mass is 10.0. The molecule has 0 aromatic heterocycles. The molecule has 1 nitrogen and oxygen atoms in total. The second-order valence-electron chi connectivity index (χ2n) is 11.2. The summed E-state index contributed by atoms with van der Waals surface area (Å²) in [5.74, 6) is 0. The van der Waals surface area contributed by atoms with Crippen molar-refractivity contribution >= 4 is 8.41 Å². The summed E-state index contributed by atoms with van der Waals surface area (Å²) in [6.45, 7) is 7.38. The number of rotatable bonds is 26. The van der Waals surface area contributed by atoms with Gasteiger partial charge in [-0.15, -0.1) is 0 Å². The number of quaternary nitrogens is 1. The lowest BCUT2D eigenvalue weighted by Crippen LogP contribution is -2.41. The molecule has 0 aliphatic heterocycles. The van der Waals surface area contributed by atoms with Gasteiger partial charge in [0.25, 0.3) is 0 Å². The highest BCUT2D eigenvalue weighted by atomic mass is 15.3. The largest absolute Gasteiger partial charge is 0.328 e. The normalized spacial score (nSPS) is 11.6. The van der Waals surface area contributed by atoms with Crippen molar-refractivity contribution < 1.29 is 4.48 Å². The zero-order valence-corrected chi connectivity index (χ0v) is 22.8. The number of nitrogens with zero attached hydrogens (tertiary/aromatic N) is 1. The monoisotopic (exact) mass is 454 g/mol. The smallest absolute Gasteiger partial charge is 0.0782 e. The molecule has 0 radical (unpaired) electrons. The van der Waals surface area contributed by atoms with Crippen LogP contribution in [0.15, 0.2) is 0 Å². The van der Waals surface area contributed by atoms with E-state index in [1.54, 1.807) is 0 Å². The number of hydrogen-bond acceptors (Lipinski definition) is 0. The molecule has 0 fully saturated rings. The Morgan fingerprint density at radius 3 is 0.719 bits per heavy atom. The van der Waals surface area contributed by atoms with Gasteiger partial charge in [0.15, 0.2) is 0 Å². The van der Waals surface area contributed by atoms with E-state index in [9.17, 15) is 0 Å². The van der Waals surface area contributed by atoms with Crippen LogP contribution in [0, 0.1) is 0 Å². The number of hydrogen-bond donors (Lipinski definition) is 0. The minimum absolute atomic E-state index is 0. The van der Waals surface area contributed by atoms with Gasteiger partial charge in [0, 0.05) is 0 Å². The van der Waals surface area contributed by atoms with Crippen LogP contribution in [0.3, 0.4) is 0 Å². The van der Waals surface area contributed by atoms with Crippen molar-refractivity contribution in [2.24, 2.45) is 0 Å². The topological polar surface area (TPSA) is 0 Å². The molecule has 0 heterocycles. The highest BCUT2D eigenvalue weighted by molar-refractivity contribution is 5.75. The number of unbranched alkanes of at least 4 members (excludes halogenated alkanes) is 22. The summed E-state index contributed by atoms with van der Waals surface area (Å²) in [5.41, 5.74) is 0. The van der Waals surface area contributed by atoms with Crippen molar-refractivity contribution in [3.8, 4) is 0 Å². The van der Waals surface area contributed by atoms with E-state index >= 15 is 0 Å². The lowest BCUT2D eigenvalue weighted by molar-refractivity contribution is -0.890. The van der Waals surface area contributed by atoms with Crippen LogP contribution in [-0.4, -0.2) is 40.1 Å². The Morgan fingerprint density at radius 2 is 0.500 bits per heavy atom. The van der Waals surface area contributed by atoms with E-state index in [2.05, 4.69) is 27.9 Å². The summed E-state index contributed by atoms with van der Waals surface area (Å²) in [7, 11) is 4.91. The van der Waals surface area contributed by atoms with Crippen molar-refractivity contribution in [3.63, 3.8) is 0 Å². The summed E-state index contributed by atoms with van der Waals surface area (Å²) < 4.78 is 1.25. The second kappa shape index (κ2) is 27.3. The molecule has 0 unspecified atom stereocenters. The van der Waals surface area contributed by atoms with Crippen LogP contribution in [0.5, 0.6) is 0 Å². The molecule has 0 saturated heterocycles. The van der Waals surface area contributed by atoms with Gasteiger partial charge in [-0.25, -0.2) is 0 Å². The molecule has 32 heavy (non-hydrogen) atoms. The first-order valence-electron chi connectivity index (χ1n) is 14.9. The molecule has 0 aromatic rings. The van der Waals surface area contributed by atoms with E-state index in [4.69, 9.17) is 0 Å². The van der Waals surface area contributed by atoms with Crippen LogP contribution in [0.2, 0.25) is 0 Å². The summed E-state index contributed by atoms with van der Waals surface area (Å²) in [4.78, 5) is 0. The molecule has 0 N–H and O–H groups in total. The molecule has 0 atom stereocenters. The molecule has 0 rings (SSSR count). The molecule has 0 aliphatic rings. The van der Waals surface area contributed by atoms with Crippen LogP contribution in [-0.2, 0) is 0 Å². The molecule has 0 spiro atoms. The van der Waals surface area contributed by atoms with Crippen LogP contribution in [0.25, 0.3) is 0 Å². The molecular formula is C30H68BN. The molecule has 0 amide bonds. The first kappa shape index (κ1) is 34.2. The van der Waals surface area contributed by atoms with Gasteiger partial charge in [0.05, 0.1) is 27.2 Å². The molecular weight excluding hydrogens is 385 g/mol. The fraction of sp³-hybridized carbons (Fsp3) is 1.00. The average Bonchev–Trinajstić information content (AvgIpc) is 2.75. The lowest BCUT2D eigenvalue weighted by Gasteiger charge is -2.30. The third kappa shape index (κ3) is 28.1. The molecule has 196 valence electrons. The quantitative estimate of drug-likeness (QED) is 0.0696. The third-order valence-electron chi connectivity index (χ3n) is 7.23. The Bertz CT molecular complexity index is 299. The predicted molar refractivity (Wildman–Crippen MR) is 155 cm³/mol. The van der Waals surface area contributed by atoms with Gasteiger partial charge in [0.2, 0.25) is 0 Å². The Kier molecular flexibility index (Phi) is 29.1. The predicted octanol–water partition coefficient (Wildman–Crippen LogP) is 9.01. The van der Waals surface area contributed by atoms with Gasteiger partial charge in [-0.3, -0.25) is 0 Å². The van der Waals surface area contributed by atoms with Gasteiger partial charge < -0.3 is 4.48 Å². The molecule has 2 heteroatoms. The maximum absolute atomic E-state index is 2.46. The molecule has 0 aromatic carbocycles. The van der Waals surface area contributed by atoms with E-state index in [1.165, 1.54) is 172 Å². The SMILES string of the molecule is CCCCCCCCCCCCCC[N+](C)(C)CCCCCCCCCCCCCC.[BH4-]. The van der Waals surface area contributed by atoms with E-state index in [0.29, 0.717) is 0 Å². The highest BCUT2D eigenvalue weighted by Gasteiger charge is 2.13. The van der Waals surface area contributed by atoms with Crippen molar-refractivity contribution in [2.45, 2.75) is 168 Å². The highest BCUT2D eigenvalue weighted by Crippen LogP contribution is 2.15. The van der Waals surface area contributed by atoms with Crippen LogP contribution < -0.4 is 0 Å². The Morgan fingerprint density at radius 1 is 0.312 bits per heavy atom. The Labute approximate surface area is 208 Å². The van der Waals surface area contributed by atoms with Gasteiger partial charge in [0.1, 0.15) is 0 Å². The van der Waals surface area contributed by atoms with Crippen molar-refractivity contribution in [1.29, 1.82) is 0 Å². The standard InChI is InChI=1S/C30H64N.BH4/c1-5-7-9-11-13-15-17-19-21-23-25-27-29-31(3,4)30-28-26-24-22-20-18-16-14-12-10-8-6-2;/h5-30H2,1-4H3;1H4/q+1;-1. The van der Waals surface area contributed by atoms with Crippen molar-refractivity contribution in [1.82, 2.24) is 0 Å². The molecule has 0 saturated carbocycles. The minimum Gasteiger partial charge on any atom is -0.328 e. The molecule has 0 bridgehead atoms. The zero-order chi connectivity index (χ0) is 22.9. The van der Waals surface area contributed by atoms with E-state index in [-0.39, 0.29) is 8.41 Å². The fourth-order valence-electron chi connectivity index (χ4n) is 4.87. The Hall–Kier alpha value is 0.0249. The summed E-state index contributed by atoms with van der Waals surface area (Å²) in [6, 6.07) is 0. The van der Waals surface area contributed by atoms with E-state index in [0.717, 1.165) is 0 Å². The maximum Gasteiger partial charge on any atom is 0.0782 e. The first-order chi connectivity index (χ1) is 15.1. The van der Waals surface area contributed by atoms with E-state index < -0.39 is 0 Å².